The first-order chi connectivity index (χ1) is 9.10. The van der Waals surface area contributed by atoms with Gasteiger partial charge in [0.05, 0.1) is 17.2 Å². The van der Waals surface area contributed by atoms with Crippen LogP contribution in [0.2, 0.25) is 0 Å². The number of aryl methyl sites for hydroxylation is 1. The number of amides is 1. The summed E-state index contributed by atoms with van der Waals surface area (Å²) in [5.41, 5.74) is 6.68. The van der Waals surface area contributed by atoms with E-state index in [1.807, 2.05) is 24.3 Å². The molecule has 0 saturated heterocycles. The third-order valence-corrected chi connectivity index (χ3v) is 4.79. The molecule has 0 aliphatic heterocycles. The fourth-order valence-corrected chi connectivity index (χ4v) is 3.36. The molecule has 1 amide bonds. The van der Waals surface area contributed by atoms with Crippen molar-refractivity contribution in [1.29, 1.82) is 0 Å². The number of carbonyl (C=O) groups excluding carboxylic acids is 1. The zero-order valence-electron chi connectivity index (χ0n) is 11.8. The Balaban J connectivity index is 1.85. The Labute approximate surface area is 119 Å². The standard InChI is InChI=1S/C14H23N3OS/c1-10-16-13(9-19-10)8-17(2)14(18)12-5-3-11(7-15)4-6-12/h9,11-12H,3-8,15H2,1-2H3. The Morgan fingerprint density at radius 3 is 2.68 bits per heavy atom. The Morgan fingerprint density at radius 2 is 2.16 bits per heavy atom. The van der Waals surface area contributed by atoms with Crippen molar-refractivity contribution in [2.45, 2.75) is 39.2 Å². The lowest BCUT2D eigenvalue weighted by Crippen LogP contribution is -2.35. The number of nitrogens with zero attached hydrogens (tertiary/aromatic N) is 2. The lowest BCUT2D eigenvalue weighted by molar-refractivity contribution is -0.136. The Morgan fingerprint density at radius 1 is 1.47 bits per heavy atom. The minimum atomic E-state index is 0.188. The van der Waals surface area contributed by atoms with Gasteiger partial charge in [-0.3, -0.25) is 4.79 Å². The lowest BCUT2D eigenvalue weighted by atomic mass is 9.81. The molecule has 19 heavy (non-hydrogen) atoms. The van der Waals surface area contributed by atoms with Crippen LogP contribution in [0, 0.1) is 18.8 Å². The molecule has 0 aromatic carbocycles. The molecule has 1 aromatic heterocycles. The first-order valence-corrected chi connectivity index (χ1v) is 7.84. The summed E-state index contributed by atoms with van der Waals surface area (Å²) in [7, 11) is 1.88. The highest BCUT2D eigenvalue weighted by Gasteiger charge is 2.27. The van der Waals surface area contributed by atoms with Crippen LogP contribution in [-0.4, -0.2) is 29.4 Å². The molecule has 2 rings (SSSR count). The van der Waals surface area contributed by atoms with E-state index in [2.05, 4.69) is 4.98 Å². The lowest BCUT2D eigenvalue weighted by Gasteiger charge is -2.29. The molecular weight excluding hydrogens is 258 g/mol. The highest BCUT2D eigenvalue weighted by Crippen LogP contribution is 2.29. The van der Waals surface area contributed by atoms with Gasteiger partial charge in [-0.05, 0) is 45.1 Å². The molecule has 1 heterocycles. The van der Waals surface area contributed by atoms with Crippen LogP contribution in [0.4, 0.5) is 0 Å². The molecule has 0 bridgehead atoms. The molecule has 0 radical (unpaired) electrons. The molecular formula is C14H23N3OS. The van der Waals surface area contributed by atoms with Gasteiger partial charge in [-0.2, -0.15) is 0 Å². The Hall–Kier alpha value is -0.940. The first-order valence-electron chi connectivity index (χ1n) is 6.96. The van der Waals surface area contributed by atoms with Crippen molar-refractivity contribution in [3.05, 3.63) is 16.1 Å². The van der Waals surface area contributed by atoms with Gasteiger partial charge in [0.2, 0.25) is 5.91 Å². The largest absolute Gasteiger partial charge is 0.340 e. The zero-order valence-corrected chi connectivity index (χ0v) is 12.6. The number of hydrogen-bond donors (Lipinski definition) is 1. The predicted molar refractivity (Wildman–Crippen MR) is 77.8 cm³/mol. The summed E-state index contributed by atoms with van der Waals surface area (Å²) in [6, 6.07) is 0. The molecule has 1 aliphatic carbocycles. The second-order valence-corrected chi connectivity index (χ2v) is 6.57. The van der Waals surface area contributed by atoms with Gasteiger partial charge in [0.15, 0.2) is 0 Å². The summed E-state index contributed by atoms with van der Waals surface area (Å²) >= 11 is 1.63. The molecule has 0 unspecified atom stereocenters. The molecule has 2 N–H and O–H groups in total. The van der Waals surface area contributed by atoms with Gasteiger partial charge in [0, 0.05) is 18.3 Å². The van der Waals surface area contributed by atoms with Crippen molar-refractivity contribution in [2.75, 3.05) is 13.6 Å². The molecule has 1 fully saturated rings. The zero-order chi connectivity index (χ0) is 13.8. The van der Waals surface area contributed by atoms with E-state index in [0.29, 0.717) is 12.5 Å². The number of nitrogens with two attached hydrogens (primary N) is 1. The summed E-state index contributed by atoms with van der Waals surface area (Å²) in [5, 5.41) is 3.09. The minimum Gasteiger partial charge on any atom is -0.340 e. The molecule has 0 spiro atoms. The fourth-order valence-electron chi connectivity index (χ4n) is 2.76. The molecule has 0 atom stereocenters. The number of thiazole rings is 1. The van der Waals surface area contributed by atoms with Gasteiger partial charge in [-0.25, -0.2) is 4.98 Å². The van der Waals surface area contributed by atoms with Crippen LogP contribution in [-0.2, 0) is 11.3 Å². The van der Waals surface area contributed by atoms with Crippen LogP contribution in [0.5, 0.6) is 0 Å². The summed E-state index contributed by atoms with van der Waals surface area (Å²) < 4.78 is 0. The van der Waals surface area contributed by atoms with E-state index >= 15 is 0 Å². The van der Waals surface area contributed by atoms with Crippen molar-refractivity contribution >= 4 is 17.2 Å². The topological polar surface area (TPSA) is 59.2 Å². The third kappa shape index (κ3) is 3.76. The van der Waals surface area contributed by atoms with Gasteiger partial charge >= 0.3 is 0 Å². The van der Waals surface area contributed by atoms with E-state index in [0.717, 1.165) is 42.9 Å². The highest BCUT2D eigenvalue weighted by molar-refractivity contribution is 7.09. The SMILES string of the molecule is Cc1nc(CN(C)C(=O)C2CCC(CN)CC2)cs1. The second-order valence-electron chi connectivity index (χ2n) is 5.51. The van der Waals surface area contributed by atoms with Gasteiger partial charge in [0.1, 0.15) is 0 Å². The van der Waals surface area contributed by atoms with Crippen LogP contribution in [0.25, 0.3) is 0 Å². The Kier molecular flexibility index (Phi) is 4.93. The number of aromatic nitrogens is 1. The Bertz CT molecular complexity index is 424. The first kappa shape index (κ1) is 14.5. The van der Waals surface area contributed by atoms with Gasteiger partial charge in [-0.1, -0.05) is 0 Å². The normalized spacial score (nSPS) is 23.3. The van der Waals surface area contributed by atoms with Crippen molar-refractivity contribution in [3.63, 3.8) is 0 Å². The summed E-state index contributed by atoms with van der Waals surface area (Å²) in [6.07, 6.45) is 4.16. The molecule has 1 saturated carbocycles. The fraction of sp³-hybridized carbons (Fsp3) is 0.714. The smallest absolute Gasteiger partial charge is 0.225 e. The van der Waals surface area contributed by atoms with Crippen LogP contribution in [0.3, 0.4) is 0 Å². The monoisotopic (exact) mass is 281 g/mol. The molecule has 1 aromatic rings. The second kappa shape index (κ2) is 6.48. The quantitative estimate of drug-likeness (QED) is 0.920. The summed E-state index contributed by atoms with van der Waals surface area (Å²) in [6.45, 7) is 3.37. The van der Waals surface area contributed by atoms with Crippen molar-refractivity contribution < 1.29 is 4.79 Å². The van der Waals surface area contributed by atoms with E-state index in [4.69, 9.17) is 5.73 Å². The maximum absolute atomic E-state index is 12.4. The van der Waals surface area contributed by atoms with Crippen molar-refractivity contribution in [3.8, 4) is 0 Å². The predicted octanol–water partition coefficient (Wildman–Crippen LogP) is 2.18. The molecule has 1 aliphatic rings. The van der Waals surface area contributed by atoms with Crippen LogP contribution in [0.15, 0.2) is 5.38 Å². The maximum atomic E-state index is 12.4. The van der Waals surface area contributed by atoms with E-state index in [1.54, 1.807) is 11.3 Å². The summed E-state index contributed by atoms with van der Waals surface area (Å²) in [5.74, 6) is 1.07. The van der Waals surface area contributed by atoms with E-state index in [9.17, 15) is 4.79 Å². The maximum Gasteiger partial charge on any atom is 0.225 e. The van der Waals surface area contributed by atoms with Crippen molar-refractivity contribution in [1.82, 2.24) is 9.88 Å². The summed E-state index contributed by atoms with van der Waals surface area (Å²) in [4.78, 5) is 18.6. The number of hydrogen-bond acceptors (Lipinski definition) is 4. The van der Waals surface area contributed by atoms with Crippen molar-refractivity contribution in [2.24, 2.45) is 17.6 Å². The third-order valence-electron chi connectivity index (χ3n) is 3.97. The van der Waals surface area contributed by atoms with Crippen LogP contribution in [0.1, 0.15) is 36.4 Å². The van der Waals surface area contributed by atoms with Gasteiger partial charge in [-0.15, -0.1) is 11.3 Å². The van der Waals surface area contributed by atoms with E-state index in [-0.39, 0.29) is 11.8 Å². The molecule has 106 valence electrons. The number of carbonyl (C=O) groups is 1. The average Bonchev–Trinajstić information content (AvgIpc) is 2.83. The van der Waals surface area contributed by atoms with Gasteiger partial charge < -0.3 is 10.6 Å². The minimum absolute atomic E-state index is 0.188. The van der Waals surface area contributed by atoms with Crippen LogP contribution < -0.4 is 5.73 Å². The molecule has 4 nitrogen and oxygen atoms in total. The van der Waals surface area contributed by atoms with E-state index < -0.39 is 0 Å². The van der Waals surface area contributed by atoms with Crippen LogP contribution >= 0.6 is 11.3 Å². The highest BCUT2D eigenvalue weighted by atomic mass is 32.1. The number of rotatable bonds is 4. The molecule has 5 heteroatoms. The average molecular weight is 281 g/mol. The van der Waals surface area contributed by atoms with E-state index in [1.165, 1.54) is 0 Å². The van der Waals surface area contributed by atoms with Gasteiger partial charge in [0.25, 0.3) is 0 Å².